The number of rotatable bonds is 34. The monoisotopic (exact) mass is 675 g/mol. The van der Waals surface area contributed by atoms with Crippen LogP contribution in [0, 0.1) is 5.92 Å². The molecule has 0 radical (unpaired) electrons. The second-order valence-electron chi connectivity index (χ2n) is 14.3. The first-order valence-electron chi connectivity index (χ1n) is 20.0. The first kappa shape index (κ1) is 44.1. The molecule has 0 saturated carbocycles. The summed E-state index contributed by atoms with van der Waals surface area (Å²) < 4.78 is 16.0. The van der Waals surface area contributed by atoms with Crippen LogP contribution in [-0.4, -0.2) is 48.6 Å². The summed E-state index contributed by atoms with van der Waals surface area (Å²) >= 11 is 0. The van der Waals surface area contributed by atoms with Crippen LogP contribution in [0.3, 0.4) is 0 Å². The lowest BCUT2D eigenvalue weighted by Crippen LogP contribution is -2.25. The molecule has 2 unspecified atom stereocenters. The third-order valence-corrected chi connectivity index (χ3v) is 8.98. The summed E-state index contributed by atoms with van der Waals surface area (Å²) in [6.07, 6.45) is 40.8. The molecule has 1 heterocycles. The largest absolute Gasteiger partial charge is 0.463 e. The fraction of sp³-hybridized carbons (Fsp3) is 0.810. The van der Waals surface area contributed by atoms with E-state index in [1.165, 1.54) is 96.3 Å². The predicted molar refractivity (Wildman–Crippen MR) is 200 cm³/mol. The quantitative estimate of drug-likeness (QED) is 0.0316. The Labute approximate surface area is 295 Å². The summed E-state index contributed by atoms with van der Waals surface area (Å²) in [6.45, 7) is 6.56. The molecule has 0 aromatic rings. The van der Waals surface area contributed by atoms with E-state index in [0.717, 1.165) is 50.9 Å². The highest BCUT2D eigenvalue weighted by atomic mass is 16.6. The van der Waals surface area contributed by atoms with Gasteiger partial charge in [-0.3, -0.25) is 9.59 Å². The van der Waals surface area contributed by atoms with Crippen LogP contribution in [0.1, 0.15) is 181 Å². The summed E-state index contributed by atoms with van der Waals surface area (Å²) in [5.41, 5.74) is 0. The molecule has 1 rings (SSSR count). The molecule has 6 nitrogen and oxygen atoms in total. The van der Waals surface area contributed by atoms with Gasteiger partial charge in [0.2, 0.25) is 0 Å². The molecule has 0 aromatic carbocycles. The molecule has 0 aromatic heterocycles. The van der Waals surface area contributed by atoms with Crippen LogP contribution >= 0.6 is 0 Å². The number of hydrogen-bond donors (Lipinski definition) is 1. The van der Waals surface area contributed by atoms with Crippen molar-refractivity contribution in [2.45, 2.75) is 200 Å². The van der Waals surface area contributed by atoms with Crippen molar-refractivity contribution in [2.75, 3.05) is 13.2 Å². The van der Waals surface area contributed by atoms with Crippen molar-refractivity contribution in [3.05, 3.63) is 36.5 Å². The summed E-state index contributed by atoms with van der Waals surface area (Å²) in [4.78, 5) is 24.0. The van der Waals surface area contributed by atoms with Crippen molar-refractivity contribution in [1.82, 2.24) is 0 Å². The average molecular weight is 675 g/mol. The van der Waals surface area contributed by atoms with E-state index in [1.807, 2.05) is 0 Å². The predicted octanol–water partition coefficient (Wildman–Crippen LogP) is 11.3. The number of esters is 2. The average Bonchev–Trinajstić information content (AvgIpc) is 3.82. The number of hydrogen-bond acceptors (Lipinski definition) is 6. The molecule has 1 saturated heterocycles. The van der Waals surface area contributed by atoms with Gasteiger partial charge in [0.25, 0.3) is 0 Å². The molecule has 48 heavy (non-hydrogen) atoms. The lowest BCUT2D eigenvalue weighted by Gasteiger charge is -2.12. The molecule has 0 bridgehead atoms. The summed E-state index contributed by atoms with van der Waals surface area (Å²) in [5.74, 6) is 0.207. The van der Waals surface area contributed by atoms with Gasteiger partial charge in [0.05, 0.1) is 12.2 Å². The normalized spacial score (nSPS) is 16.9. The van der Waals surface area contributed by atoms with Crippen LogP contribution in [0.2, 0.25) is 0 Å². The number of unbranched alkanes of at least 4 members (excludes halogenated alkanes) is 15. The molecule has 1 aliphatic rings. The van der Waals surface area contributed by atoms with Gasteiger partial charge in [-0.25, -0.2) is 0 Å². The summed E-state index contributed by atoms with van der Waals surface area (Å²) in [6, 6.07) is 0. The zero-order valence-electron chi connectivity index (χ0n) is 31.4. The van der Waals surface area contributed by atoms with Crippen LogP contribution in [0.25, 0.3) is 0 Å². The van der Waals surface area contributed by atoms with E-state index in [9.17, 15) is 14.7 Å². The maximum atomic E-state index is 12.0. The Morgan fingerprint density at radius 3 is 1.69 bits per heavy atom. The van der Waals surface area contributed by atoms with Gasteiger partial charge in [0.15, 0.2) is 0 Å². The molecular formula is C42H74O6. The van der Waals surface area contributed by atoms with Crippen molar-refractivity contribution in [2.24, 2.45) is 5.92 Å². The Balaban J connectivity index is 1.87. The zero-order valence-corrected chi connectivity index (χ0v) is 31.4. The first-order chi connectivity index (χ1) is 23.4. The first-order valence-corrected chi connectivity index (χ1v) is 20.0. The number of carbonyl (C=O) groups is 2. The second kappa shape index (κ2) is 32.3. The Morgan fingerprint density at radius 2 is 1.12 bits per heavy atom. The van der Waals surface area contributed by atoms with Gasteiger partial charge in [-0.05, 0) is 57.3 Å². The minimum absolute atomic E-state index is 0.138. The van der Waals surface area contributed by atoms with Crippen molar-refractivity contribution >= 4 is 11.9 Å². The highest BCUT2D eigenvalue weighted by Crippen LogP contribution is 2.30. The number of allylic oxidation sites excluding steroid dienone is 5. The molecule has 1 aliphatic heterocycles. The van der Waals surface area contributed by atoms with Gasteiger partial charge in [-0.1, -0.05) is 154 Å². The third kappa shape index (κ3) is 30.2. The number of carbonyl (C=O) groups excluding carboxylic acids is 2. The van der Waals surface area contributed by atoms with Crippen molar-refractivity contribution in [3.8, 4) is 0 Å². The number of ether oxygens (including phenoxy) is 3. The van der Waals surface area contributed by atoms with Crippen molar-refractivity contribution < 1.29 is 28.9 Å². The van der Waals surface area contributed by atoms with Crippen molar-refractivity contribution in [3.63, 3.8) is 0 Å². The van der Waals surface area contributed by atoms with Gasteiger partial charge in [0.1, 0.15) is 19.3 Å². The number of aliphatic hydroxyl groups excluding tert-OH is 1. The molecule has 3 atom stereocenters. The van der Waals surface area contributed by atoms with Gasteiger partial charge < -0.3 is 19.3 Å². The minimum atomic E-state index is -0.993. The third-order valence-electron chi connectivity index (χ3n) is 8.98. The maximum Gasteiger partial charge on any atom is 0.305 e. The summed E-state index contributed by atoms with van der Waals surface area (Å²) in [5, 5.41) is 10.0. The summed E-state index contributed by atoms with van der Waals surface area (Å²) in [7, 11) is 0. The van der Waals surface area contributed by atoms with E-state index in [2.05, 4.69) is 57.2 Å². The van der Waals surface area contributed by atoms with E-state index in [4.69, 9.17) is 14.2 Å². The maximum absolute atomic E-state index is 12.0. The second-order valence-corrected chi connectivity index (χ2v) is 14.3. The van der Waals surface area contributed by atoms with Crippen molar-refractivity contribution in [1.29, 1.82) is 0 Å². The SMILES string of the molecule is CCCCC/C=C\C/C=C\C/C=C\CC1OC1CCCC(=O)OC[C@H](O)COC(=O)CCCCCCCCCCCCCCCC(C)C. The Hall–Kier alpha value is -1.92. The van der Waals surface area contributed by atoms with E-state index >= 15 is 0 Å². The Kier molecular flexibility index (Phi) is 29.7. The molecule has 1 N–H and O–H groups in total. The molecule has 0 amide bonds. The van der Waals surface area contributed by atoms with Gasteiger partial charge in [-0.15, -0.1) is 0 Å². The van der Waals surface area contributed by atoms with E-state index in [0.29, 0.717) is 19.3 Å². The van der Waals surface area contributed by atoms with Crippen LogP contribution < -0.4 is 0 Å². The Bertz CT molecular complexity index is 847. The van der Waals surface area contributed by atoms with E-state index in [-0.39, 0.29) is 37.4 Å². The standard InChI is InChI=1S/C42H74O6/c1-4-5-6-7-8-9-10-15-18-21-24-27-31-39-40(48-39)32-29-34-42(45)47-36-38(43)35-46-41(44)33-28-25-22-19-16-13-11-12-14-17-20-23-26-30-37(2)3/h8-9,15,18,24,27,37-40,43H,4-7,10-14,16-17,19-23,25-26,28-36H2,1-3H3/b9-8-,18-15-,27-24-/t38-,39?,40?/m1/s1. The zero-order chi connectivity index (χ0) is 34.9. The van der Waals surface area contributed by atoms with Gasteiger partial charge >= 0.3 is 11.9 Å². The molecule has 0 aliphatic carbocycles. The number of aliphatic hydroxyl groups is 1. The van der Waals surface area contributed by atoms with Crippen LogP contribution in [0.4, 0.5) is 0 Å². The fourth-order valence-electron chi connectivity index (χ4n) is 5.83. The van der Waals surface area contributed by atoms with E-state index in [1.54, 1.807) is 0 Å². The highest BCUT2D eigenvalue weighted by Gasteiger charge is 2.36. The van der Waals surface area contributed by atoms with E-state index < -0.39 is 6.10 Å². The van der Waals surface area contributed by atoms with Crippen LogP contribution in [0.15, 0.2) is 36.5 Å². The number of epoxide rings is 1. The van der Waals surface area contributed by atoms with Gasteiger partial charge in [-0.2, -0.15) is 0 Å². The fourth-order valence-corrected chi connectivity index (χ4v) is 5.83. The van der Waals surface area contributed by atoms with Crippen LogP contribution in [0.5, 0.6) is 0 Å². The topological polar surface area (TPSA) is 85.4 Å². The van der Waals surface area contributed by atoms with Gasteiger partial charge in [0, 0.05) is 12.8 Å². The highest BCUT2D eigenvalue weighted by molar-refractivity contribution is 5.69. The van der Waals surface area contributed by atoms with Crippen LogP contribution in [-0.2, 0) is 23.8 Å². The minimum Gasteiger partial charge on any atom is -0.463 e. The lowest BCUT2D eigenvalue weighted by atomic mass is 10.0. The lowest BCUT2D eigenvalue weighted by molar-refractivity contribution is -0.152. The smallest absolute Gasteiger partial charge is 0.305 e. The Morgan fingerprint density at radius 1 is 0.625 bits per heavy atom. The molecular weight excluding hydrogens is 600 g/mol. The molecule has 6 heteroatoms. The molecule has 278 valence electrons. The molecule has 0 spiro atoms. The molecule has 1 fully saturated rings.